The molecule has 0 unspecified atom stereocenters. The fraction of sp³-hybridized carbons (Fsp3) is 0.316. The summed E-state index contributed by atoms with van der Waals surface area (Å²) in [5, 5.41) is 3.52. The van der Waals surface area contributed by atoms with E-state index < -0.39 is 0 Å². The molecule has 2 heterocycles. The Balaban J connectivity index is 1.62. The lowest BCUT2D eigenvalue weighted by Gasteiger charge is -2.08. The van der Waals surface area contributed by atoms with Crippen LogP contribution in [0, 0.1) is 13.8 Å². The molecule has 1 aromatic carbocycles. The number of aromatic nitrogens is 2. The molecule has 3 rings (SSSR count). The monoisotopic (exact) mass is 371 g/mol. The molecule has 0 aliphatic rings. The van der Waals surface area contributed by atoms with Gasteiger partial charge in [-0.05, 0) is 37.1 Å². The van der Waals surface area contributed by atoms with E-state index in [2.05, 4.69) is 10.3 Å². The van der Waals surface area contributed by atoms with Gasteiger partial charge in [0, 0.05) is 24.4 Å². The second kappa shape index (κ2) is 7.70. The fourth-order valence-corrected chi connectivity index (χ4v) is 3.71. The molecule has 3 aromatic rings. The molecule has 0 bridgehead atoms. The quantitative estimate of drug-likeness (QED) is 0.723. The lowest BCUT2D eigenvalue weighted by atomic mass is 10.2. The summed E-state index contributed by atoms with van der Waals surface area (Å²) in [6.45, 7) is 4.64. The zero-order chi connectivity index (χ0) is 18.7. The highest BCUT2D eigenvalue weighted by Crippen LogP contribution is 2.25. The summed E-state index contributed by atoms with van der Waals surface area (Å²) in [6.07, 6.45) is 1.74. The van der Waals surface area contributed by atoms with Crippen LogP contribution >= 0.6 is 11.3 Å². The molecule has 2 aromatic heterocycles. The van der Waals surface area contributed by atoms with Crippen LogP contribution in [0.5, 0.6) is 5.75 Å². The summed E-state index contributed by atoms with van der Waals surface area (Å²) < 4.78 is 6.68. The van der Waals surface area contributed by atoms with Gasteiger partial charge < -0.3 is 10.1 Å². The zero-order valence-corrected chi connectivity index (χ0v) is 15.9. The van der Waals surface area contributed by atoms with Crippen molar-refractivity contribution in [2.75, 3.05) is 7.11 Å². The summed E-state index contributed by atoms with van der Waals surface area (Å²) in [6, 6.07) is 7.54. The van der Waals surface area contributed by atoms with E-state index in [1.165, 1.54) is 22.2 Å². The number of nitrogens with one attached hydrogen (secondary N) is 1. The van der Waals surface area contributed by atoms with Gasteiger partial charge in [-0.3, -0.25) is 14.2 Å². The first-order valence-corrected chi connectivity index (χ1v) is 9.16. The number of thiophene rings is 1. The number of methoxy groups -OCH3 is 1. The number of hydrogen-bond acceptors (Lipinski definition) is 5. The average Bonchev–Trinajstić information content (AvgIpc) is 2.94. The Morgan fingerprint density at radius 3 is 2.92 bits per heavy atom. The Kier molecular flexibility index (Phi) is 5.37. The smallest absolute Gasteiger partial charge is 0.262 e. The molecule has 26 heavy (non-hydrogen) atoms. The number of amides is 1. The number of aryl methyl sites for hydroxylation is 3. The van der Waals surface area contributed by atoms with Gasteiger partial charge in [-0.1, -0.05) is 12.1 Å². The normalized spacial score (nSPS) is 10.9. The van der Waals surface area contributed by atoms with Gasteiger partial charge in [0.25, 0.3) is 5.56 Å². The molecule has 0 saturated carbocycles. The average molecular weight is 371 g/mol. The van der Waals surface area contributed by atoms with Gasteiger partial charge in [0.2, 0.25) is 5.91 Å². The largest absolute Gasteiger partial charge is 0.497 e. The molecule has 0 spiro atoms. The standard InChI is InChI=1S/C19H21N3O3S/c1-12-13(2)26-18-17(12)19(24)22(11-21-18)8-7-16(23)20-10-14-5-4-6-15(9-14)25-3/h4-6,9,11H,7-8,10H2,1-3H3,(H,20,23). The van der Waals surface area contributed by atoms with E-state index in [1.807, 2.05) is 38.1 Å². The van der Waals surface area contributed by atoms with Gasteiger partial charge in [-0.2, -0.15) is 0 Å². The van der Waals surface area contributed by atoms with Crippen LogP contribution in [0.1, 0.15) is 22.4 Å². The van der Waals surface area contributed by atoms with Gasteiger partial charge in [-0.25, -0.2) is 4.98 Å². The van der Waals surface area contributed by atoms with Gasteiger partial charge in [0.15, 0.2) is 0 Å². The summed E-state index contributed by atoms with van der Waals surface area (Å²) in [5.41, 5.74) is 1.85. The van der Waals surface area contributed by atoms with Crippen molar-refractivity contribution in [3.05, 3.63) is 57.0 Å². The molecule has 0 fully saturated rings. The third-order valence-corrected chi connectivity index (χ3v) is 5.47. The molecule has 1 N–H and O–H groups in total. The highest BCUT2D eigenvalue weighted by Gasteiger charge is 2.12. The first-order valence-electron chi connectivity index (χ1n) is 8.34. The molecular formula is C19H21N3O3S. The van der Waals surface area contributed by atoms with Crippen molar-refractivity contribution in [2.24, 2.45) is 0 Å². The van der Waals surface area contributed by atoms with Crippen LogP contribution in [0.25, 0.3) is 10.2 Å². The van der Waals surface area contributed by atoms with E-state index >= 15 is 0 Å². The van der Waals surface area contributed by atoms with E-state index in [9.17, 15) is 9.59 Å². The molecular weight excluding hydrogens is 350 g/mol. The predicted molar refractivity (Wildman–Crippen MR) is 103 cm³/mol. The first kappa shape index (κ1) is 18.1. The van der Waals surface area contributed by atoms with Crippen molar-refractivity contribution in [1.29, 1.82) is 0 Å². The number of carbonyl (C=O) groups excluding carboxylic acids is 1. The molecule has 136 valence electrons. The first-order chi connectivity index (χ1) is 12.5. The number of benzene rings is 1. The third kappa shape index (κ3) is 3.77. The van der Waals surface area contributed by atoms with Crippen LogP contribution in [0.2, 0.25) is 0 Å². The lowest BCUT2D eigenvalue weighted by Crippen LogP contribution is -2.27. The van der Waals surface area contributed by atoms with Crippen molar-refractivity contribution in [1.82, 2.24) is 14.9 Å². The van der Waals surface area contributed by atoms with Crippen LogP contribution in [-0.4, -0.2) is 22.6 Å². The molecule has 7 heteroatoms. The number of fused-ring (bicyclic) bond motifs is 1. The van der Waals surface area contributed by atoms with Crippen LogP contribution in [0.4, 0.5) is 0 Å². The van der Waals surface area contributed by atoms with Gasteiger partial charge in [-0.15, -0.1) is 11.3 Å². The van der Waals surface area contributed by atoms with Gasteiger partial charge in [0.05, 0.1) is 18.8 Å². The third-order valence-electron chi connectivity index (χ3n) is 4.36. The Bertz CT molecular complexity index is 1010. The van der Waals surface area contributed by atoms with Crippen molar-refractivity contribution in [3.8, 4) is 5.75 Å². The molecule has 0 atom stereocenters. The van der Waals surface area contributed by atoms with Crippen LogP contribution in [0.15, 0.2) is 35.4 Å². The van der Waals surface area contributed by atoms with Crippen molar-refractivity contribution < 1.29 is 9.53 Å². The fourth-order valence-electron chi connectivity index (χ4n) is 2.72. The maximum absolute atomic E-state index is 12.6. The van der Waals surface area contributed by atoms with E-state index in [0.717, 1.165) is 26.6 Å². The summed E-state index contributed by atoms with van der Waals surface area (Å²) >= 11 is 1.52. The molecule has 0 radical (unpaired) electrons. The van der Waals surface area contributed by atoms with Crippen LogP contribution in [0.3, 0.4) is 0 Å². The number of nitrogens with zero attached hydrogens (tertiary/aromatic N) is 2. The Morgan fingerprint density at radius 1 is 1.35 bits per heavy atom. The van der Waals surface area contributed by atoms with E-state index in [1.54, 1.807) is 7.11 Å². The molecule has 0 aliphatic carbocycles. The van der Waals surface area contributed by atoms with E-state index in [4.69, 9.17) is 4.74 Å². The minimum atomic E-state index is -0.113. The van der Waals surface area contributed by atoms with Gasteiger partial charge >= 0.3 is 0 Å². The maximum atomic E-state index is 12.6. The van der Waals surface area contributed by atoms with Gasteiger partial charge in [0.1, 0.15) is 10.6 Å². The summed E-state index contributed by atoms with van der Waals surface area (Å²) in [7, 11) is 1.61. The van der Waals surface area contributed by atoms with E-state index in [0.29, 0.717) is 18.5 Å². The highest BCUT2D eigenvalue weighted by molar-refractivity contribution is 7.18. The highest BCUT2D eigenvalue weighted by atomic mass is 32.1. The van der Waals surface area contributed by atoms with Crippen molar-refractivity contribution in [2.45, 2.75) is 33.4 Å². The second-order valence-corrected chi connectivity index (χ2v) is 7.29. The SMILES string of the molecule is COc1cccc(CNC(=O)CCn2cnc3sc(C)c(C)c3c2=O)c1. The molecule has 1 amide bonds. The van der Waals surface area contributed by atoms with E-state index in [-0.39, 0.29) is 17.9 Å². The Labute approximate surface area is 155 Å². The number of ether oxygens (including phenoxy) is 1. The van der Waals surface area contributed by atoms with Crippen molar-refractivity contribution in [3.63, 3.8) is 0 Å². The number of hydrogen-bond donors (Lipinski definition) is 1. The minimum absolute atomic E-state index is 0.0857. The summed E-state index contributed by atoms with van der Waals surface area (Å²) in [5.74, 6) is 0.641. The lowest BCUT2D eigenvalue weighted by molar-refractivity contribution is -0.121. The Hall–Kier alpha value is -2.67. The van der Waals surface area contributed by atoms with Crippen LogP contribution < -0.4 is 15.6 Å². The zero-order valence-electron chi connectivity index (χ0n) is 15.0. The molecule has 6 nitrogen and oxygen atoms in total. The number of carbonyl (C=O) groups is 1. The number of rotatable bonds is 6. The topological polar surface area (TPSA) is 73.2 Å². The second-order valence-electron chi connectivity index (χ2n) is 6.08. The summed E-state index contributed by atoms with van der Waals surface area (Å²) in [4.78, 5) is 30.9. The maximum Gasteiger partial charge on any atom is 0.262 e. The van der Waals surface area contributed by atoms with Crippen LogP contribution in [-0.2, 0) is 17.9 Å². The minimum Gasteiger partial charge on any atom is -0.497 e. The molecule has 0 aliphatic heterocycles. The Morgan fingerprint density at radius 2 is 2.15 bits per heavy atom. The predicted octanol–water partition coefficient (Wildman–Crippen LogP) is 2.79. The molecule has 0 saturated heterocycles. The van der Waals surface area contributed by atoms with Crippen molar-refractivity contribution >= 4 is 27.5 Å².